The van der Waals surface area contributed by atoms with E-state index in [-0.39, 0.29) is 0 Å². The highest BCUT2D eigenvalue weighted by atomic mass is 15.3. The predicted octanol–water partition coefficient (Wildman–Crippen LogP) is -0.301. The molecule has 0 spiro atoms. The first-order valence-corrected chi connectivity index (χ1v) is 2.45. The third-order valence-corrected chi connectivity index (χ3v) is 1.02. The van der Waals surface area contributed by atoms with Gasteiger partial charge in [0.2, 0.25) is 0 Å². The molecule has 1 N–H and O–H groups in total. The normalized spacial score (nSPS) is 10.2. The van der Waals surface area contributed by atoms with Crippen LogP contribution in [0.3, 0.4) is 0 Å². The molecule has 2 rings (SSSR count). The van der Waals surface area contributed by atoms with Gasteiger partial charge in [-0.3, -0.25) is 5.10 Å². The van der Waals surface area contributed by atoms with Crippen molar-refractivity contribution < 1.29 is 0 Å². The number of aromatic amines is 1. The fraction of sp³-hybridized carbons (Fsp3) is 0. The quantitative estimate of drug-likeness (QED) is 0.519. The minimum absolute atomic E-state index is 0.716. The molecule has 0 aromatic carbocycles. The fourth-order valence-corrected chi connectivity index (χ4v) is 0.616. The van der Waals surface area contributed by atoms with Crippen LogP contribution in [-0.2, 0) is 0 Å². The number of H-pyrrole nitrogens is 1. The van der Waals surface area contributed by atoms with Crippen LogP contribution in [0, 0.1) is 0 Å². The van der Waals surface area contributed by atoms with Crippen molar-refractivity contribution in [3.8, 4) is 11.4 Å². The van der Waals surface area contributed by atoms with Crippen LogP contribution in [0.1, 0.15) is 0 Å². The van der Waals surface area contributed by atoms with E-state index in [1.165, 1.54) is 0 Å². The van der Waals surface area contributed by atoms with Gasteiger partial charge in [-0.25, -0.2) is 0 Å². The summed E-state index contributed by atoms with van der Waals surface area (Å²) >= 11 is 0. The third kappa shape index (κ3) is 0.543. The first-order chi connectivity index (χ1) is 4.47. The zero-order chi connectivity index (χ0) is 6.10. The molecule has 2 aliphatic rings. The van der Waals surface area contributed by atoms with Crippen LogP contribution in [0.15, 0.2) is 12.4 Å². The van der Waals surface area contributed by atoms with Crippen LogP contribution in [-0.4, -0.2) is 25.6 Å². The molecule has 0 saturated heterocycles. The van der Waals surface area contributed by atoms with Gasteiger partial charge in [-0.15, -0.1) is 10.2 Å². The van der Waals surface area contributed by atoms with E-state index in [4.69, 9.17) is 0 Å². The molecule has 2 heterocycles. The second kappa shape index (κ2) is 1.48. The standard InChI is InChI=1S/C4H3N5/c1-4-3(7-5-1)2-6-9-8-4/h1-2H,(H,6,8). The second-order valence-electron chi connectivity index (χ2n) is 1.59. The van der Waals surface area contributed by atoms with Crippen LogP contribution in [0.5, 0.6) is 0 Å². The lowest BCUT2D eigenvalue weighted by atomic mass is 10.4. The fourth-order valence-electron chi connectivity index (χ4n) is 0.616. The van der Waals surface area contributed by atoms with Crippen LogP contribution < -0.4 is 0 Å². The molecule has 9 heavy (non-hydrogen) atoms. The lowest BCUT2D eigenvalue weighted by Gasteiger charge is -1.86. The molecule has 44 valence electrons. The van der Waals surface area contributed by atoms with Gasteiger partial charge in [0.1, 0.15) is 11.4 Å². The Labute approximate surface area is 50.5 Å². The van der Waals surface area contributed by atoms with Gasteiger partial charge < -0.3 is 0 Å². The third-order valence-electron chi connectivity index (χ3n) is 1.02. The number of hydrogen-bond acceptors (Lipinski definition) is 4. The number of aromatic nitrogens is 5. The molecular formula is C4H3N5. The minimum Gasteiger partial charge on any atom is -0.265 e. The van der Waals surface area contributed by atoms with Crippen molar-refractivity contribution >= 4 is 0 Å². The first-order valence-electron chi connectivity index (χ1n) is 2.45. The predicted molar refractivity (Wildman–Crippen MR) is 28.6 cm³/mol. The van der Waals surface area contributed by atoms with Gasteiger partial charge in [0.25, 0.3) is 0 Å². The molecule has 2 aliphatic heterocycles. The average molecular weight is 121 g/mol. The van der Waals surface area contributed by atoms with Gasteiger partial charge in [0.05, 0.1) is 12.4 Å². The molecule has 0 radical (unpaired) electrons. The van der Waals surface area contributed by atoms with Crippen molar-refractivity contribution in [1.29, 1.82) is 0 Å². The van der Waals surface area contributed by atoms with Crippen molar-refractivity contribution in [1.82, 2.24) is 25.6 Å². The van der Waals surface area contributed by atoms with Crippen LogP contribution in [0.4, 0.5) is 0 Å². The Morgan fingerprint density at radius 2 is 2.22 bits per heavy atom. The Morgan fingerprint density at radius 3 is 3.11 bits per heavy atom. The van der Waals surface area contributed by atoms with E-state index in [0.29, 0.717) is 5.69 Å². The van der Waals surface area contributed by atoms with E-state index >= 15 is 0 Å². The summed E-state index contributed by atoms with van der Waals surface area (Å²) < 4.78 is 0. The lowest BCUT2D eigenvalue weighted by molar-refractivity contribution is 0.866. The summed E-state index contributed by atoms with van der Waals surface area (Å²) in [6, 6.07) is 0. The maximum absolute atomic E-state index is 3.73. The van der Waals surface area contributed by atoms with E-state index in [1.807, 2.05) is 0 Å². The Bertz CT molecular complexity index is 249. The van der Waals surface area contributed by atoms with E-state index in [9.17, 15) is 0 Å². The van der Waals surface area contributed by atoms with Gasteiger partial charge in [0, 0.05) is 0 Å². The summed E-state index contributed by atoms with van der Waals surface area (Å²) in [5.74, 6) is 0. The molecule has 0 saturated carbocycles. The van der Waals surface area contributed by atoms with Crippen LogP contribution in [0.2, 0.25) is 0 Å². The van der Waals surface area contributed by atoms with Gasteiger partial charge in [0.15, 0.2) is 0 Å². The molecule has 0 atom stereocenters. The zero-order valence-corrected chi connectivity index (χ0v) is 4.44. The highest BCUT2D eigenvalue weighted by Gasteiger charge is 2.03. The Hall–Kier alpha value is -1.52. The first kappa shape index (κ1) is 4.37. The summed E-state index contributed by atoms with van der Waals surface area (Å²) in [4.78, 5) is 0. The second-order valence-corrected chi connectivity index (χ2v) is 1.59. The molecule has 0 fully saturated rings. The molecule has 0 amide bonds. The molecular weight excluding hydrogens is 118 g/mol. The number of rotatable bonds is 0. The molecule has 5 nitrogen and oxygen atoms in total. The monoisotopic (exact) mass is 121 g/mol. The molecule has 0 bridgehead atoms. The van der Waals surface area contributed by atoms with Gasteiger partial charge in [-0.2, -0.15) is 5.10 Å². The van der Waals surface area contributed by atoms with Crippen molar-refractivity contribution in [2.75, 3.05) is 0 Å². The van der Waals surface area contributed by atoms with Crippen molar-refractivity contribution in [2.45, 2.75) is 0 Å². The van der Waals surface area contributed by atoms with E-state index in [0.717, 1.165) is 5.69 Å². The number of nitrogens with one attached hydrogen (secondary N) is 1. The molecule has 0 aliphatic carbocycles. The molecule has 0 unspecified atom stereocenters. The smallest absolute Gasteiger partial charge is 0.137 e. The summed E-state index contributed by atoms with van der Waals surface area (Å²) in [5.41, 5.74) is 1.46. The van der Waals surface area contributed by atoms with Gasteiger partial charge in [-0.05, 0) is 0 Å². The summed E-state index contributed by atoms with van der Waals surface area (Å²) in [6.45, 7) is 0. The Kier molecular flexibility index (Phi) is 0.717. The van der Waals surface area contributed by atoms with Gasteiger partial charge >= 0.3 is 0 Å². The number of fused-ring (bicyclic) bond motifs is 1. The highest BCUT2D eigenvalue weighted by molar-refractivity contribution is 5.50. The largest absolute Gasteiger partial charge is 0.265 e. The topological polar surface area (TPSA) is 67.3 Å². The van der Waals surface area contributed by atoms with Gasteiger partial charge in [-0.1, -0.05) is 5.21 Å². The van der Waals surface area contributed by atoms with Crippen LogP contribution >= 0.6 is 0 Å². The SMILES string of the molecule is c1[nH]nnc2cnnc1-2. The number of nitrogens with zero attached hydrogens (tertiary/aromatic N) is 4. The Morgan fingerprint density at radius 1 is 1.22 bits per heavy atom. The van der Waals surface area contributed by atoms with Crippen molar-refractivity contribution in [3.05, 3.63) is 12.4 Å². The zero-order valence-electron chi connectivity index (χ0n) is 4.44. The summed E-state index contributed by atoms with van der Waals surface area (Å²) in [5, 5.41) is 17.2. The maximum Gasteiger partial charge on any atom is 0.137 e. The summed E-state index contributed by atoms with van der Waals surface area (Å²) in [6.07, 6.45) is 3.21. The molecule has 0 aromatic rings. The van der Waals surface area contributed by atoms with E-state index in [2.05, 4.69) is 25.6 Å². The van der Waals surface area contributed by atoms with Crippen LogP contribution in [0.25, 0.3) is 11.4 Å². The number of hydrogen-bond donors (Lipinski definition) is 1. The molecule has 0 aromatic heterocycles. The molecule has 5 heteroatoms. The summed E-state index contributed by atoms with van der Waals surface area (Å²) in [7, 11) is 0. The van der Waals surface area contributed by atoms with Crippen molar-refractivity contribution in [3.63, 3.8) is 0 Å². The average Bonchev–Trinajstić information content (AvgIpc) is 2.33. The highest BCUT2D eigenvalue weighted by Crippen LogP contribution is 2.09. The lowest BCUT2D eigenvalue weighted by Crippen LogP contribution is -1.88. The maximum atomic E-state index is 3.73. The van der Waals surface area contributed by atoms with E-state index < -0.39 is 0 Å². The van der Waals surface area contributed by atoms with E-state index in [1.54, 1.807) is 12.4 Å². The van der Waals surface area contributed by atoms with Crippen molar-refractivity contribution in [2.24, 2.45) is 0 Å². The Balaban J connectivity index is 2.79. The minimum atomic E-state index is 0.716.